The summed E-state index contributed by atoms with van der Waals surface area (Å²) in [7, 11) is 0. The van der Waals surface area contributed by atoms with Crippen LogP contribution in [0.3, 0.4) is 0 Å². The zero-order valence-corrected chi connectivity index (χ0v) is 12.2. The Morgan fingerprint density at radius 2 is 1.71 bits per heavy atom. The molecule has 0 spiro atoms. The van der Waals surface area contributed by atoms with Crippen LogP contribution in [-0.4, -0.2) is 4.98 Å². The molecule has 0 saturated heterocycles. The van der Waals surface area contributed by atoms with Gasteiger partial charge in [-0.3, -0.25) is 0 Å². The molecule has 2 aromatic rings. The highest BCUT2D eigenvalue weighted by molar-refractivity contribution is 7.10. The van der Waals surface area contributed by atoms with Crippen molar-refractivity contribution < 1.29 is 0 Å². The van der Waals surface area contributed by atoms with Gasteiger partial charge in [-0.1, -0.05) is 6.07 Å². The summed E-state index contributed by atoms with van der Waals surface area (Å²) in [5, 5.41) is 3.09. The van der Waals surface area contributed by atoms with Gasteiger partial charge in [0.2, 0.25) is 0 Å². The van der Waals surface area contributed by atoms with E-state index in [2.05, 4.69) is 44.1 Å². The number of halogens is 1. The first kappa shape index (κ1) is 12.6. The molecule has 0 unspecified atom stereocenters. The fourth-order valence-electron chi connectivity index (χ4n) is 2.09. The fourth-order valence-corrected chi connectivity index (χ4v) is 2.97. The summed E-state index contributed by atoms with van der Waals surface area (Å²) in [4.78, 5) is 4.59. The van der Waals surface area contributed by atoms with Crippen LogP contribution in [0.4, 0.5) is 0 Å². The minimum Gasteiger partial charge on any atom is -0.240 e. The average Bonchev–Trinajstić information content (AvgIpc) is 2.75. The third-order valence-corrected chi connectivity index (χ3v) is 4.55. The van der Waals surface area contributed by atoms with Gasteiger partial charge in [-0.25, -0.2) is 4.98 Å². The Hall–Kier alpha value is -0.860. The number of hydrogen-bond donors (Lipinski definition) is 0. The normalized spacial score (nSPS) is 10.9. The lowest BCUT2D eigenvalue weighted by atomic mass is 9.93. The number of thiazole rings is 1. The van der Waals surface area contributed by atoms with Gasteiger partial charge in [0.15, 0.2) is 0 Å². The van der Waals surface area contributed by atoms with E-state index in [1.165, 1.54) is 27.8 Å². The van der Waals surface area contributed by atoms with E-state index in [1.807, 2.05) is 0 Å². The highest BCUT2D eigenvalue weighted by Gasteiger charge is 2.13. The second kappa shape index (κ2) is 4.79. The first-order chi connectivity index (χ1) is 8.04. The first-order valence-electron chi connectivity index (χ1n) is 5.62. The molecule has 1 heterocycles. The monoisotopic (exact) mass is 265 g/mol. The van der Waals surface area contributed by atoms with Crippen LogP contribution in [0.25, 0.3) is 11.3 Å². The van der Waals surface area contributed by atoms with Crippen molar-refractivity contribution in [3.63, 3.8) is 0 Å². The summed E-state index contributed by atoms with van der Waals surface area (Å²) < 4.78 is 0. The molecule has 2 rings (SSSR count). The number of hydrogen-bond acceptors (Lipinski definition) is 2. The lowest BCUT2D eigenvalue weighted by molar-refractivity contribution is 1.20. The number of rotatable bonds is 2. The van der Waals surface area contributed by atoms with Crippen LogP contribution in [0.5, 0.6) is 0 Å². The molecule has 3 heteroatoms. The standard InChI is InChI=1S/C14H16ClNS/c1-8-5-9(2)11(4)14(10(8)3)12-7-17-13(6-15)16-12/h5,7H,6H2,1-4H3. The molecule has 0 radical (unpaired) electrons. The van der Waals surface area contributed by atoms with Crippen LogP contribution < -0.4 is 0 Å². The van der Waals surface area contributed by atoms with Gasteiger partial charge in [0, 0.05) is 10.9 Å². The Bertz CT molecular complexity index is 531. The molecule has 0 saturated carbocycles. The summed E-state index contributed by atoms with van der Waals surface area (Å²) in [5.41, 5.74) is 7.62. The Morgan fingerprint density at radius 1 is 1.12 bits per heavy atom. The molecule has 1 nitrogen and oxygen atoms in total. The maximum atomic E-state index is 5.82. The molecule has 0 amide bonds. The summed E-state index contributed by atoms with van der Waals surface area (Å²) in [6, 6.07) is 2.24. The number of alkyl halides is 1. The van der Waals surface area contributed by atoms with Gasteiger partial charge in [-0.15, -0.1) is 22.9 Å². The molecule has 0 aliphatic carbocycles. The first-order valence-corrected chi connectivity index (χ1v) is 7.04. The Morgan fingerprint density at radius 3 is 2.18 bits per heavy atom. The van der Waals surface area contributed by atoms with Gasteiger partial charge in [0.1, 0.15) is 5.01 Å². The van der Waals surface area contributed by atoms with Crippen molar-refractivity contribution in [3.8, 4) is 11.3 Å². The zero-order chi connectivity index (χ0) is 12.6. The van der Waals surface area contributed by atoms with E-state index in [9.17, 15) is 0 Å². The van der Waals surface area contributed by atoms with Crippen LogP contribution in [0, 0.1) is 27.7 Å². The summed E-state index contributed by atoms with van der Waals surface area (Å²) in [5.74, 6) is 0.494. The third-order valence-electron chi connectivity index (χ3n) is 3.29. The molecule has 0 atom stereocenters. The summed E-state index contributed by atoms with van der Waals surface area (Å²) >= 11 is 7.45. The van der Waals surface area contributed by atoms with Gasteiger partial charge < -0.3 is 0 Å². The fraction of sp³-hybridized carbons (Fsp3) is 0.357. The highest BCUT2D eigenvalue weighted by Crippen LogP contribution is 2.32. The number of aromatic nitrogens is 1. The van der Waals surface area contributed by atoms with Crippen molar-refractivity contribution in [2.75, 3.05) is 0 Å². The molecular weight excluding hydrogens is 250 g/mol. The second-order valence-corrected chi connectivity index (χ2v) is 5.61. The maximum absolute atomic E-state index is 5.82. The van der Waals surface area contributed by atoms with Gasteiger partial charge >= 0.3 is 0 Å². The Labute approximate surface area is 111 Å². The molecule has 1 aromatic carbocycles. The molecular formula is C14H16ClNS. The molecule has 0 aliphatic rings. The van der Waals surface area contributed by atoms with Crippen LogP contribution in [0.15, 0.2) is 11.4 Å². The van der Waals surface area contributed by atoms with E-state index < -0.39 is 0 Å². The molecule has 0 aliphatic heterocycles. The SMILES string of the molecule is Cc1cc(C)c(C)c(-c2csc(CCl)n2)c1C. The van der Waals surface area contributed by atoms with Crippen molar-refractivity contribution in [2.24, 2.45) is 0 Å². The summed E-state index contributed by atoms with van der Waals surface area (Å²) in [6.07, 6.45) is 0. The topological polar surface area (TPSA) is 12.9 Å². The lowest BCUT2D eigenvalue weighted by Gasteiger charge is -2.13. The highest BCUT2D eigenvalue weighted by atomic mass is 35.5. The Balaban J connectivity index is 2.65. The van der Waals surface area contributed by atoms with Gasteiger partial charge in [0.05, 0.1) is 11.6 Å². The van der Waals surface area contributed by atoms with Crippen LogP contribution in [0.2, 0.25) is 0 Å². The molecule has 1 aromatic heterocycles. The predicted molar refractivity (Wildman–Crippen MR) is 76.1 cm³/mol. The van der Waals surface area contributed by atoms with E-state index in [4.69, 9.17) is 11.6 Å². The largest absolute Gasteiger partial charge is 0.240 e. The third kappa shape index (κ3) is 2.24. The molecule has 0 N–H and O–H groups in total. The molecule has 0 bridgehead atoms. The minimum absolute atomic E-state index is 0.494. The molecule has 17 heavy (non-hydrogen) atoms. The van der Waals surface area contributed by atoms with Crippen molar-refractivity contribution in [1.82, 2.24) is 4.98 Å². The zero-order valence-electron chi connectivity index (χ0n) is 10.6. The van der Waals surface area contributed by atoms with Gasteiger partial charge in [-0.2, -0.15) is 0 Å². The quantitative estimate of drug-likeness (QED) is 0.712. The van der Waals surface area contributed by atoms with Gasteiger partial charge in [-0.05, 0) is 49.9 Å². The van der Waals surface area contributed by atoms with Crippen molar-refractivity contribution >= 4 is 22.9 Å². The van der Waals surface area contributed by atoms with Crippen LogP contribution >= 0.6 is 22.9 Å². The lowest BCUT2D eigenvalue weighted by Crippen LogP contribution is -1.95. The molecule has 0 fully saturated rings. The number of benzene rings is 1. The van der Waals surface area contributed by atoms with E-state index >= 15 is 0 Å². The van der Waals surface area contributed by atoms with Crippen molar-refractivity contribution in [1.29, 1.82) is 0 Å². The number of nitrogens with zero attached hydrogens (tertiary/aromatic N) is 1. The smallest absolute Gasteiger partial charge is 0.108 e. The van der Waals surface area contributed by atoms with E-state index in [1.54, 1.807) is 11.3 Å². The van der Waals surface area contributed by atoms with Crippen molar-refractivity contribution in [2.45, 2.75) is 33.6 Å². The maximum Gasteiger partial charge on any atom is 0.108 e. The van der Waals surface area contributed by atoms with Crippen LogP contribution in [0.1, 0.15) is 27.3 Å². The van der Waals surface area contributed by atoms with E-state index in [-0.39, 0.29) is 0 Å². The Kier molecular flexibility index (Phi) is 3.55. The van der Waals surface area contributed by atoms with E-state index in [0.717, 1.165) is 10.7 Å². The second-order valence-electron chi connectivity index (χ2n) is 4.40. The van der Waals surface area contributed by atoms with Crippen molar-refractivity contribution in [3.05, 3.63) is 38.7 Å². The average molecular weight is 266 g/mol. The van der Waals surface area contributed by atoms with Gasteiger partial charge in [0.25, 0.3) is 0 Å². The summed E-state index contributed by atoms with van der Waals surface area (Å²) in [6.45, 7) is 8.63. The molecule has 90 valence electrons. The van der Waals surface area contributed by atoms with Crippen LogP contribution in [-0.2, 0) is 5.88 Å². The predicted octanol–water partition coefficient (Wildman–Crippen LogP) is 4.78. The van der Waals surface area contributed by atoms with E-state index in [0.29, 0.717) is 5.88 Å². The minimum atomic E-state index is 0.494. The number of aryl methyl sites for hydroxylation is 2.